The molecule has 0 aliphatic heterocycles. The minimum atomic E-state index is 0.344. The predicted octanol–water partition coefficient (Wildman–Crippen LogP) is 5.40. The molecule has 0 bridgehead atoms. The molecular formula is C14H8Cl3NO. The molecule has 0 heterocycles. The fourth-order valence-corrected chi connectivity index (χ4v) is 2.13. The second-order valence-electron chi connectivity index (χ2n) is 3.75. The number of halogens is 3. The van der Waals surface area contributed by atoms with Crippen LogP contribution in [0.3, 0.4) is 0 Å². The van der Waals surface area contributed by atoms with E-state index in [1.165, 1.54) is 0 Å². The maximum absolute atomic E-state index is 9.10. The normalized spacial score (nSPS) is 10.0. The molecule has 5 heteroatoms. The molecule has 0 saturated carbocycles. The Balaban J connectivity index is 2.35. The Kier molecular flexibility index (Phi) is 4.55. The minimum Gasteiger partial charge on any atom is -0.454 e. The standard InChI is InChI=1S/C14H8Cl3NO/c15-7-9-1-3-13(10(5-9)8-18)19-14-4-2-11(16)6-12(14)17/h1-6H,7H2. The Morgan fingerprint density at radius 1 is 1.05 bits per heavy atom. The summed E-state index contributed by atoms with van der Waals surface area (Å²) in [7, 11) is 0. The van der Waals surface area contributed by atoms with Gasteiger partial charge in [-0.1, -0.05) is 29.3 Å². The fourth-order valence-electron chi connectivity index (χ4n) is 1.51. The summed E-state index contributed by atoms with van der Waals surface area (Å²) in [4.78, 5) is 0. The highest BCUT2D eigenvalue weighted by molar-refractivity contribution is 6.35. The molecule has 0 aliphatic rings. The predicted molar refractivity (Wildman–Crippen MR) is 77.3 cm³/mol. The van der Waals surface area contributed by atoms with Gasteiger partial charge in [-0.05, 0) is 35.9 Å². The van der Waals surface area contributed by atoms with Crippen molar-refractivity contribution in [1.29, 1.82) is 5.26 Å². The maximum atomic E-state index is 9.10. The van der Waals surface area contributed by atoms with E-state index in [9.17, 15) is 0 Å². The van der Waals surface area contributed by atoms with E-state index in [0.29, 0.717) is 33.0 Å². The molecule has 2 aromatic rings. The number of nitrogens with zero attached hydrogens (tertiary/aromatic N) is 1. The van der Waals surface area contributed by atoms with Crippen molar-refractivity contribution in [2.45, 2.75) is 5.88 Å². The third-order valence-corrected chi connectivity index (χ3v) is 3.27. The third-order valence-electron chi connectivity index (χ3n) is 2.43. The van der Waals surface area contributed by atoms with E-state index in [1.54, 1.807) is 36.4 Å². The molecule has 0 aromatic heterocycles. The summed E-state index contributed by atoms with van der Waals surface area (Å²) < 4.78 is 5.63. The van der Waals surface area contributed by atoms with Gasteiger partial charge in [0.1, 0.15) is 17.6 Å². The van der Waals surface area contributed by atoms with Gasteiger partial charge in [0.05, 0.1) is 10.6 Å². The van der Waals surface area contributed by atoms with Crippen LogP contribution in [0.2, 0.25) is 10.0 Å². The lowest BCUT2D eigenvalue weighted by atomic mass is 10.1. The second kappa shape index (κ2) is 6.16. The van der Waals surface area contributed by atoms with Gasteiger partial charge in [-0.2, -0.15) is 5.26 Å². The SMILES string of the molecule is N#Cc1cc(CCl)ccc1Oc1ccc(Cl)cc1Cl. The zero-order chi connectivity index (χ0) is 13.8. The Bertz CT molecular complexity index is 650. The Labute approximate surface area is 126 Å². The first-order valence-corrected chi connectivity index (χ1v) is 6.65. The quantitative estimate of drug-likeness (QED) is 0.711. The summed E-state index contributed by atoms with van der Waals surface area (Å²) in [5.41, 5.74) is 1.26. The molecule has 0 fully saturated rings. The Morgan fingerprint density at radius 2 is 1.79 bits per heavy atom. The van der Waals surface area contributed by atoms with Gasteiger partial charge in [0.15, 0.2) is 0 Å². The molecule has 0 unspecified atom stereocenters. The van der Waals surface area contributed by atoms with Gasteiger partial charge in [0, 0.05) is 10.9 Å². The molecule has 0 saturated heterocycles. The van der Waals surface area contributed by atoms with Crippen LogP contribution in [0.4, 0.5) is 0 Å². The summed E-state index contributed by atoms with van der Waals surface area (Å²) in [6.45, 7) is 0. The molecule has 0 atom stereocenters. The summed E-state index contributed by atoms with van der Waals surface area (Å²) in [6, 6.07) is 12.2. The van der Waals surface area contributed by atoms with Gasteiger partial charge >= 0.3 is 0 Å². The Morgan fingerprint density at radius 3 is 2.42 bits per heavy atom. The molecule has 0 aliphatic carbocycles. The molecule has 2 nitrogen and oxygen atoms in total. The van der Waals surface area contributed by atoms with Crippen LogP contribution < -0.4 is 4.74 Å². The van der Waals surface area contributed by atoms with Crippen molar-refractivity contribution in [3.63, 3.8) is 0 Å². The van der Waals surface area contributed by atoms with E-state index >= 15 is 0 Å². The van der Waals surface area contributed by atoms with E-state index in [4.69, 9.17) is 44.8 Å². The molecule has 0 radical (unpaired) electrons. The van der Waals surface area contributed by atoms with Crippen molar-refractivity contribution in [1.82, 2.24) is 0 Å². The summed E-state index contributed by atoms with van der Waals surface area (Å²) >= 11 is 17.6. The van der Waals surface area contributed by atoms with Crippen LogP contribution in [-0.4, -0.2) is 0 Å². The second-order valence-corrected chi connectivity index (χ2v) is 4.86. The van der Waals surface area contributed by atoms with Gasteiger partial charge in [-0.3, -0.25) is 0 Å². The van der Waals surface area contributed by atoms with Crippen LogP contribution >= 0.6 is 34.8 Å². The van der Waals surface area contributed by atoms with E-state index in [0.717, 1.165) is 5.56 Å². The Hall–Kier alpha value is -1.40. The molecule has 19 heavy (non-hydrogen) atoms. The average molecular weight is 313 g/mol. The van der Waals surface area contributed by atoms with Crippen molar-refractivity contribution < 1.29 is 4.74 Å². The maximum Gasteiger partial charge on any atom is 0.146 e. The van der Waals surface area contributed by atoms with Gasteiger partial charge in [0.2, 0.25) is 0 Å². The van der Waals surface area contributed by atoms with Crippen LogP contribution in [0, 0.1) is 11.3 Å². The third kappa shape index (κ3) is 3.33. The van der Waals surface area contributed by atoms with E-state index in [1.807, 2.05) is 0 Å². The number of rotatable bonds is 3. The zero-order valence-electron chi connectivity index (χ0n) is 9.66. The lowest BCUT2D eigenvalue weighted by molar-refractivity contribution is 0.481. The van der Waals surface area contributed by atoms with Crippen molar-refractivity contribution in [2.24, 2.45) is 0 Å². The van der Waals surface area contributed by atoms with E-state index in [-0.39, 0.29) is 0 Å². The average Bonchev–Trinajstić information content (AvgIpc) is 2.42. The topological polar surface area (TPSA) is 33.0 Å². The first kappa shape index (κ1) is 14.0. The largest absolute Gasteiger partial charge is 0.454 e. The molecule has 2 rings (SSSR count). The minimum absolute atomic E-state index is 0.344. The van der Waals surface area contributed by atoms with Crippen LogP contribution in [0.15, 0.2) is 36.4 Å². The highest BCUT2D eigenvalue weighted by Gasteiger charge is 2.09. The van der Waals surface area contributed by atoms with E-state index < -0.39 is 0 Å². The monoisotopic (exact) mass is 311 g/mol. The number of ether oxygens (including phenoxy) is 1. The van der Waals surface area contributed by atoms with Crippen LogP contribution in [-0.2, 0) is 5.88 Å². The van der Waals surface area contributed by atoms with E-state index in [2.05, 4.69) is 6.07 Å². The molecule has 96 valence electrons. The first-order chi connectivity index (χ1) is 9.13. The van der Waals surface area contributed by atoms with Gasteiger partial charge < -0.3 is 4.74 Å². The molecule has 0 N–H and O–H groups in total. The lowest BCUT2D eigenvalue weighted by Crippen LogP contribution is -1.90. The van der Waals surface area contributed by atoms with Gasteiger partial charge in [0.25, 0.3) is 0 Å². The first-order valence-electron chi connectivity index (χ1n) is 5.36. The molecule has 0 amide bonds. The van der Waals surface area contributed by atoms with Crippen LogP contribution in [0.25, 0.3) is 0 Å². The summed E-state index contributed by atoms with van der Waals surface area (Å²) in [6.07, 6.45) is 0. The molecule has 0 spiro atoms. The molecular weight excluding hydrogens is 305 g/mol. The number of alkyl halides is 1. The van der Waals surface area contributed by atoms with Crippen molar-refractivity contribution in [2.75, 3.05) is 0 Å². The van der Waals surface area contributed by atoms with Crippen LogP contribution in [0.5, 0.6) is 11.5 Å². The highest BCUT2D eigenvalue weighted by atomic mass is 35.5. The smallest absolute Gasteiger partial charge is 0.146 e. The lowest BCUT2D eigenvalue weighted by Gasteiger charge is -2.10. The van der Waals surface area contributed by atoms with Crippen molar-refractivity contribution in [3.05, 3.63) is 57.6 Å². The number of hydrogen-bond donors (Lipinski definition) is 0. The number of benzene rings is 2. The van der Waals surface area contributed by atoms with Crippen LogP contribution in [0.1, 0.15) is 11.1 Å². The summed E-state index contributed by atoms with van der Waals surface area (Å²) in [5.74, 6) is 1.22. The molecule has 2 aromatic carbocycles. The number of nitriles is 1. The fraction of sp³-hybridized carbons (Fsp3) is 0.0714. The van der Waals surface area contributed by atoms with Gasteiger partial charge in [-0.25, -0.2) is 0 Å². The highest BCUT2D eigenvalue weighted by Crippen LogP contribution is 2.33. The summed E-state index contributed by atoms with van der Waals surface area (Å²) in [5, 5.41) is 10.0. The van der Waals surface area contributed by atoms with Gasteiger partial charge in [-0.15, -0.1) is 11.6 Å². The number of hydrogen-bond acceptors (Lipinski definition) is 2. The zero-order valence-corrected chi connectivity index (χ0v) is 11.9. The van der Waals surface area contributed by atoms with Crippen molar-refractivity contribution in [3.8, 4) is 17.6 Å². The van der Waals surface area contributed by atoms with Crippen molar-refractivity contribution >= 4 is 34.8 Å².